The van der Waals surface area contributed by atoms with Crippen molar-refractivity contribution in [2.45, 2.75) is 204 Å². The molecule has 3 heterocycles. The zero-order valence-electron chi connectivity index (χ0n) is 47.0. The number of aliphatic hydroxyl groups is 4. The molecule has 0 bridgehead atoms. The van der Waals surface area contributed by atoms with E-state index < -0.39 is 114 Å². The van der Waals surface area contributed by atoms with Crippen LogP contribution in [0.2, 0.25) is 0 Å². The molecule has 16 nitrogen and oxygen atoms in total. The molecule has 0 aliphatic carbocycles. The van der Waals surface area contributed by atoms with E-state index in [1.807, 2.05) is 72.5 Å². The average Bonchev–Trinajstić information content (AvgIpc) is 3.43. The summed E-state index contributed by atoms with van der Waals surface area (Å²) in [6, 6.07) is 5.99. The van der Waals surface area contributed by atoms with Gasteiger partial charge >= 0.3 is 5.97 Å². The molecule has 4 rings (SSSR count). The normalized spacial score (nSPS) is 39.4. The number of hydrogen-bond acceptors (Lipinski definition) is 15. The molecular formula is C55H98FN4O12S+. The smallest absolute Gasteiger partial charge is 0.309 e. The van der Waals surface area contributed by atoms with Gasteiger partial charge in [-0.05, 0) is 116 Å². The molecule has 0 amide bonds. The number of cyclic esters (lactones) is 1. The van der Waals surface area contributed by atoms with Gasteiger partial charge in [0, 0.05) is 63.0 Å². The van der Waals surface area contributed by atoms with E-state index in [4.69, 9.17) is 28.4 Å². The van der Waals surface area contributed by atoms with E-state index in [-0.39, 0.29) is 36.3 Å². The first-order chi connectivity index (χ1) is 34.2. The Labute approximate surface area is 440 Å². The molecule has 3 aliphatic rings. The number of nitrogens with one attached hydrogen (secondary N) is 1. The topological polar surface area (TPSA) is 217 Å². The minimum absolute atomic E-state index is 0.0263. The highest BCUT2D eigenvalue weighted by molar-refractivity contribution is 7.85. The number of alkyl halides is 1. The summed E-state index contributed by atoms with van der Waals surface area (Å²) < 4.78 is 64.8. The maximum absolute atomic E-state index is 14.7. The number of ether oxygens (including phenoxy) is 6. The lowest BCUT2D eigenvalue weighted by Gasteiger charge is -2.47. The fourth-order valence-corrected chi connectivity index (χ4v) is 13.0. The van der Waals surface area contributed by atoms with E-state index >= 15 is 0 Å². The SMILES string of the molecule is CC[C@H]1OC(=O)[C@H](C)[C@@H](C2C[C@H](C)[C@H](C)[C@@H](O)[C@H](C)O2)[C@H](C)[C@@H](O[C@H]2CC(N(C)CC/C([NH3+])=C/N[C@H](CF)[C@H](OC)c3ccc(S(=O)CCOC)cc3)C[C@@H](C)O2)[C@](C)(O)C[C@@H](C)CN(C)[C@H](C)[C@@H](O)[C@]1(C)O. The van der Waals surface area contributed by atoms with Gasteiger partial charge in [-0.25, -0.2) is 4.39 Å². The van der Waals surface area contributed by atoms with E-state index in [1.165, 1.54) is 14.0 Å². The second-order valence-electron chi connectivity index (χ2n) is 22.8. The van der Waals surface area contributed by atoms with Crippen molar-refractivity contribution in [1.29, 1.82) is 0 Å². The molecule has 3 fully saturated rings. The first kappa shape index (κ1) is 63.4. The van der Waals surface area contributed by atoms with E-state index in [1.54, 1.807) is 32.4 Å². The lowest BCUT2D eigenvalue weighted by molar-refractivity contribution is -0.308. The molecule has 0 saturated carbocycles. The number of rotatable bonds is 18. The lowest BCUT2D eigenvalue weighted by Crippen LogP contribution is -2.59. The molecule has 1 aromatic carbocycles. The summed E-state index contributed by atoms with van der Waals surface area (Å²) in [4.78, 5) is 19.6. The van der Waals surface area contributed by atoms with E-state index in [0.717, 1.165) is 17.7 Å². The van der Waals surface area contributed by atoms with Crippen LogP contribution in [0.15, 0.2) is 41.1 Å². The van der Waals surface area contributed by atoms with Crippen molar-refractivity contribution < 1.29 is 68.0 Å². The van der Waals surface area contributed by atoms with E-state index in [9.17, 15) is 33.8 Å². The predicted octanol–water partition coefficient (Wildman–Crippen LogP) is 4.98. The van der Waals surface area contributed by atoms with Crippen LogP contribution >= 0.6 is 0 Å². The zero-order chi connectivity index (χ0) is 54.7. The van der Waals surface area contributed by atoms with Crippen LogP contribution in [0.3, 0.4) is 0 Å². The van der Waals surface area contributed by atoms with Crippen LogP contribution in [0.25, 0.3) is 0 Å². The van der Waals surface area contributed by atoms with E-state index in [0.29, 0.717) is 56.0 Å². The molecule has 422 valence electrons. The highest BCUT2D eigenvalue weighted by Crippen LogP contribution is 2.44. The monoisotopic (exact) mass is 1060 g/mol. The van der Waals surface area contributed by atoms with Gasteiger partial charge < -0.3 is 69.7 Å². The fraction of sp³-hybridized carbons (Fsp3) is 0.836. The molecule has 1 aromatic rings. The molecule has 73 heavy (non-hydrogen) atoms. The second-order valence-corrected chi connectivity index (χ2v) is 24.4. The summed E-state index contributed by atoms with van der Waals surface area (Å²) in [7, 11) is 5.84. The quantitative estimate of drug-likeness (QED) is 0.107. The highest BCUT2D eigenvalue weighted by atomic mass is 32.2. The first-order valence-corrected chi connectivity index (χ1v) is 28.3. The summed E-state index contributed by atoms with van der Waals surface area (Å²) in [5, 5.41) is 51.1. The molecule has 21 atom stereocenters. The molecule has 3 saturated heterocycles. The maximum Gasteiger partial charge on any atom is 0.309 e. The molecular weight excluding hydrogens is 960 g/mol. The number of hydrogen-bond donors (Lipinski definition) is 6. The fourth-order valence-electron chi connectivity index (χ4n) is 12.0. The van der Waals surface area contributed by atoms with Gasteiger partial charge in [-0.1, -0.05) is 53.7 Å². The number of halogens is 1. The van der Waals surface area contributed by atoms with Gasteiger partial charge in [-0.3, -0.25) is 9.00 Å². The number of esters is 1. The van der Waals surface area contributed by atoms with Crippen LogP contribution in [-0.2, 0) is 44.0 Å². The van der Waals surface area contributed by atoms with Crippen LogP contribution < -0.4 is 11.1 Å². The first-order valence-electron chi connectivity index (χ1n) is 26.9. The Morgan fingerprint density at radius 1 is 1.03 bits per heavy atom. The highest BCUT2D eigenvalue weighted by Gasteiger charge is 2.52. The van der Waals surface area contributed by atoms with Crippen LogP contribution in [-0.4, -0.2) is 179 Å². The Morgan fingerprint density at radius 3 is 2.29 bits per heavy atom. The molecule has 0 radical (unpaired) electrons. The van der Waals surface area contributed by atoms with Crippen molar-refractivity contribution in [3.05, 3.63) is 41.7 Å². The van der Waals surface area contributed by atoms with Crippen LogP contribution in [0, 0.1) is 35.5 Å². The maximum atomic E-state index is 14.7. The second kappa shape index (κ2) is 28.5. The summed E-state index contributed by atoms with van der Waals surface area (Å²) in [5.74, 6) is -2.27. The minimum atomic E-state index is -1.78. The summed E-state index contributed by atoms with van der Waals surface area (Å²) in [5.41, 5.74) is 2.57. The zero-order valence-corrected chi connectivity index (χ0v) is 47.8. The van der Waals surface area contributed by atoms with Crippen molar-refractivity contribution in [3.8, 4) is 0 Å². The number of aliphatic hydroxyl groups excluding tert-OH is 2. The third kappa shape index (κ3) is 16.7. The van der Waals surface area contributed by atoms with Gasteiger partial charge in [0.25, 0.3) is 0 Å². The van der Waals surface area contributed by atoms with Gasteiger partial charge in [-0.2, -0.15) is 0 Å². The Morgan fingerprint density at radius 2 is 1.68 bits per heavy atom. The summed E-state index contributed by atoms with van der Waals surface area (Å²) in [6.45, 7) is 21.6. The number of methoxy groups -OCH3 is 2. The van der Waals surface area contributed by atoms with Crippen molar-refractivity contribution in [3.63, 3.8) is 0 Å². The number of nitrogens with zero attached hydrogens (tertiary/aromatic N) is 2. The average molecular weight is 1060 g/mol. The molecule has 0 spiro atoms. The number of carbonyl (C=O) groups excluding carboxylic acids is 1. The Kier molecular flexibility index (Phi) is 24.7. The minimum Gasteiger partial charge on any atom is -0.459 e. The largest absolute Gasteiger partial charge is 0.459 e. The molecule has 3 aliphatic heterocycles. The Hall–Kier alpha value is -2.17. The molecule has 0 aromatic heterocycles. The van der Waals surface area contributed by atoms with Crippen molar-refractivity contribution >= 4 is 16.8 Å². The number of benzene rings is 1. The van der Waals surface area contributed by atoms with Gasteiger partial charge in [0.15, 0.2) is 6.29 Å². The third-order valence-electron chi connectivity index (χ3n) is 16.8. The van der Waals surface area contributed by atoms with Gasteiger partial charge in [0.1, 0.15) is 36.3 Å². The summed E-state index contributed by atoms with van der Waals surface area (Å²) >= 11 is 0. The van der Waals surface area contributed by atoms with Crippen molar-refractivity contribution in [1.82, 2.24) is 15.1 Å². The van der Waals surface area contributed by atoms with Crippen molar-refractivity contribution in [2.75, 3.05) is 60.4 Å². The number of likely N-dealkylation sites (N-methyl/N-ethyl adjacent to an activating group) is 1. The van der Waals surface area contributed by atoms with Crippen LogP contribution in [0.4, 0.5) is 4.39 Å². The van der Waals surface area contributed by atoms with Crippen molar-refractivity contribution in [2.24, 2.45) is 35.5 Å². The number of carbonyl (C=O) groups is 1. The lowest BCUT2D eigenvalue weighted by atomic mass is 9.69. The third-order valence-corrected chi connectivity index (χ3v) is 18.1. The Balaban J connectivity index is 1.61. The summed E-state index contributed by atoms with van der Waals surface area (Å²) in [6.07, 6.45) is -1.85. The standard InChI is InChI=1S/C55H97FN4O12S/c1-16-46-55(11,65)51(62)38(8)60(13)31-32(2)28-54(10,64)52(36(6)48(37(7)53(63)71-46)45-25-33(3)35(5)49(61)39(9)70-45)72-47-27-42(26-34(4)69-47)59(12)22-21-41(57)30-58-44(29-56)50(68-15)40-17-19-43(20-18-40)73(66)24-23-67-14/h17-20,30,32-39,42,44-52,58,61-62,64-65H,16,21-29,31,57H2,1-15H3/p+1/b41-30-/t32-,33+,34-,35+,36+,37-,38-,39+,42?,44-,45?,46-,47+,48+,49-,50-,51-,52-,54-,55-,73?/m1/s1. The van der Waals surface area contributed by atoms with Gasteiger partial charge in [0.05, 0.1) is 77.4 Å². The van der Waals surface area contributed by atoms with Crippen LogP contribution in [0.1, 0.15) is 126 Å². The van der Waals surface area contributed by atoms with Gasteiger partial charge in [0.2, 0.25) is 0 Å². The van der Waals surface area contributed by atoms with Crippen LogP contribution in [0.5, 0.6) is 0 Å². The molecule has 8 N–H and O–H groups in total. The molecule has 3 unspecified atom stereocenters. The van der Waals surface area contributed by atoms with Gasteiger partial charge in [-0.15, -0.1) is 0 Å². The number of quaternary nitrogens is 1. The molecule has 18 heteroatoms. The Bertz CT molecular complexity index is 1870. The van der Waals surface area contributed by atoms with E-state index in [2.05, 4.69) is 36.8 Å². The predicted molar refractivity (Wildman–Crippen MR) is 281 cm³/mol.